The Morgan fingerprint density at radius 3 is 2.68 bits per heavy atom. The summed E-state index contributed by atoms with van der Waals surface area (Å²) < 4.78 is 7.02. The number of thioether (sulfide) groups is 1. The van der Waals surface area contributed by atoms with Crippen LogP contribution in [0.2, 0.25) is 0 Å². The van der Waals surface area contributed by atoms with Gasteiger partial charge in [-0.15, -0.1) is 11.8 Å². The highest BCUT2D eigenvalue weighted by Crippen LogP contribution is 2.40. The van der Waals surface area contributed by atoms with E-state index in [1.807, 2.05) is 35.9 Å². The number of H-pyrrole nitrogens is 1. The predicted molar refractivity (Wildman–Crippen MR) is 101 cm³/mol. The van der Waals surface area contributed by atoms with E-state index in [4.69, 9.17) is 4.74 Å². The summed E-state index contributed by atoms with van der Waals surface area (Å²) in [6.45, 7) is 4.15. The van der Waals surface area contributed by atoms with E-state index in [2.05, 4.69) is 17.3 Å². The molecule has 25 heavy (non-hydrogen) atoms. The van der Waals surface area contributed by atoms with Gasteiger partial charge in [0.1, 0.15) is 11.6 Å². The molecule has 0 radical (unpaired) electrons. The number of carbonyl (C=O) groups is 1. The van der Waals surface area contributed by atoms with E-state index in [9.17, 15) is 9.59 Å². The lowest BCUT2D eigenvalue weighted by atomic mass is 10.1. The molecule has 0 aliphatic carbocycles. The summed E-state index contributed by atoms with van der Waals surface area (Å²) in [5, 5.41) is 5.64. The van der Waals surface area contributed by atoms with E-state index in [0.717, 1.165) is 24.2 Å². The second-order valence-electron chi connectivity index (χ2n) is 6.22. The molecule has 6 nitrogen and oxygen atoms in total. The van der Waals surface area contributed by atoms with Crippen LogP contribution in [-0.4, -0.2) is 28.6 Å². The number of nitrogens with one attached hydrogen (secondary N) is 2. The van der Waals surface area contributed by atoms with Gasteiger partial charge in [0.2, 0.25) is 5.91 Å². The van der Waals surface area contributed by atoms with Gasteiger partial charge in [-0.2, -0.15) is 0 Å². The molecule has 2 atom stereocenters. The van der Waals surface area contributed by atoms with Gasteiger partial charge < -0.3 is 10.1 Å². The van der Waals surface area contributed by atoms with E-state index in [0.29, 0.717) is 17.1 Å². The van der Waals surface area contributed by atoms with Gasteiger partial charge in [0, 0.05) is 6.04 Å². The Morgan fingerprint density at radius 2 is 2.04 bits per heavy atom. The lowest BCUT2D eigenvalue weighted by molar-refractivity contribution is -0.113. The number of anilines is 1. The van der Waals surface area contributed by atoms with Crippen LogP contribution in [0.25, 0.3) is 0 Å². The van der Waals surface area contributed by atoms with Crippen molar-refractivity contribution in [1.29, 1.82) is 0 Å². The molecule has 2 N–H and O–H groups in total. The van der Waals surface area contributed by atoms with E-state index in [1.54, 1.807) is 7.11 Å². The van der Waals surface area contributed by atoms with Crippen LogP contribution >= 0.6 is 11.8 Å². The second kappa shape index (κ2) is 7.39. The summed E-state index contributed by atoms with van der Waals surface area (Å²) in [6.07, 6.45) is 1.92. The van der Waals surface area contributed by atoms with Crippen molar-refractivity contribution >= 4 is 23.5 Å². The van der Waals surface area contributed by atoms with Crippen molar-refractivity contribution in [1.82, 2.24) is 9.78 Å². The lowest BCUT2D eigenvalue weighted by Gasteiger charge is -2.17. The molecule has 134 valence electrons. The minimum Gasteiger partial charge on any atom is -0.497 e. The van der Waals surface area contributed by atoms with Crippen molar-refractivity contribution < 1.29 is 9.53 Å². The third-order valence-corrected chi connectivity index (χ3v) is 5.70. The molecule has 1 amide bonds. The quantitative estimate of drug-likeness (QED) is 0.856. The molecule has 2 heterocycles. The molecule has 1 aliphatic rings. The molecule has 0 fully saturated rings. The summed E-state index contributed by atoms with van der Waals surface area (Å²) >= 11 is 1.47. The summed E-state index contributed by atoms with van der Waals surface area (Å²) in [5.41, 5.74) is 1.45. The van der Waals surface area contributed by atoms with Crippen LogP contribution in [0.3, 0.4) is 0 Å². The minimum absolute atomic E-state index is 0.0845. The van der Waals surface area contributed by atoms with E-state index < -0.39 is 0 Å². The molecule has 0 spiro atoms. The zero-order chi connectivity index (χ0) is 18.0. The fourth-order valence-corrected chi connectivity index (χ4v) is 4.29. The Bertz CT molecular complexity index is 810. The zero-order valence-corrected chi connectivity index (χ0v) is 15.5. The Balaban J connectivity index is 2.08. The first-order valence-corrected chi connectivity index (χ1v) is 9.49. The van der Waals surface area contributed by atoms with E-state index in [-0.39, 0.29) is 22.8 Å². The molecule has 1 aromatic heterocycles. The number of hydrogen-bond donors (Lipinski definition) is 2. The molecule has 0 saturated heterocycles. The second-order valence-corrected chi connectivity index (χ2v) is 7.32. The molecule has 3 rings (SSSR count). The van der Waals surface area contributed by atoms with Crippen molar-refractivity contribution in [3.05, 3.63) is 45.7 Å². The van der Waals surface area contributed by atoms with Crippen molar-refractivity contribution in [3.63, 3.8) is 0 Å². The van der Waals surface area contributed by atoms with Gasteiger partial charge in [0.05, 0.1) is 23.7 Å². The summed E-state index contributed by atoms with van der Waals surface area (Å²) in [5.74, 6) is 1.59. The Morgan fingerprint density at radius 1 is 1.32 bits per heavy atom. The first kappa shape index (κ1) is 17.7. The summed E-state index contributed by atoms with van der Waals surface area (Å²) in [7, 11) is 1.62. The minimum atomic E-state index is -0.196. The maximum atomic E-state index is 12.7. The Kier molecular flexibility index (Phi) is 5.22. The topological polar surface area (TPSA) is 76.1 Å². The molecule has 0 saturated carbocycles. The van der Waals surface area contributed by atoms with Gasteiger partial charge in [0.25, 0.3) is 5.56 Å². The van der Waals surface area contributed by atoms with Crippen LogP contribution < -0.4 is 15.6 Å². The van der Waals surface area contributed by atoms with Crippen molar-refractivity contribution in [2.75, 3.05) is 18.2 Å². The van der Waals surface area contributed by atoms with Crippen LogP contribution in [0, 0.1) is 0 Å². The Labute approximate surface area is 150 Å². The number of aromatic amines is 1. The average Bonchev–Trinajstić information content (AvgIpc) is 2.82. The Hall–Kier alpha value is -2.15. The maximum absolute atomic E-state index is 12.7. The van der Waals surface area contributed by atoms with Gasteiger partial charge >= 0.3 is 0 Å². The van der Waals surface area contributed by atoms with Gasteiger partial charge in [-0.05, 0) is 31.0 Å². The highest BCUT2D eigenvalue weighted by atomic mass is 32.2. The highest BCUT2D eigenvalue weighted by molar-refractivity contribution is 8.00. The third kappa shape index (κ3) is 3.46. The predicted octanol–water partition coefficient (Wildman–Crippen LogP) is 3.32. The van der Waals surface area contributed by atoms with Crippen molar-refractivity contribution in [3.8, 4) is 5.75 Å². The fourth-order valence-electron chi connectivity index (χ4n) is 3.16. The van der Waals surface area contributed by atoms with Crippen LogP contribution in [0.1, 0.15) is 49.1 Å². The average molecular weight is 361 g/mol. The number of ether oxygens (including phenoxy) is 1. The highest BCUT2D eigenvalue weighted by Gasteiger charge is 2.31. The smallest absolute Gasteiger partial charge is 0.270 e. The van der Waals surface area contributed by atoms with Crippen molar-refractivity contribution in [2.45, 2.75) is 38.0 Å². The molecule has 1 aromatic carbocycles. The molecule has 0 bridgehead atoms. The third-order valence-electron chi connectivity index (χ3n) is 4.43. The number of benzene rings is 1. The molecular weight excluding hydrogens is 338 g/mol. The number of rotatable bonds is 5. The number of aromatic nitrogens is 2. The van der Waals surface area contributed by atoms with Gasteiger partial charge in [0.15, 0.2) is 0 Å². The van der Waals surface area contributed by atoms with Crippen LogP contribution in [0.4, 0.5) is 5.82 Å². The monoisotopic (exact) mass is 361 g/mol. The van der Waals surface area contributed by atoms with E-state index in [1.165, 1.54) is 11.8 Å². The number of fused-ring (bicyclic) bond motifs is 1. The number of carbonyl (C=O) groups excluding carboxylic acids is 1. The maximum Gasteiger partial charge on any atom is 0.270 e. The number of methoxy groups -OCH3 is 1. The van der Waals surface area contributed by atoms with Crippen molar-refractivity contribution in [2.24, 2.45) is 0 Å². The standard InChI is InChI=1S/C18H23N3O3S/c1-4-5-11(2)21-17-15(18(23)20-21)16(25-10-14(22)19-17)12-6-8-13(24-3)9-7-12/h6-9,11,16H,4-5,10H2,1-3H3,(H,19,22)(H,20,23)/t11-,16-/m0/s1. The van der Waals surface area contributed by atoms with Crippen LogP contribution in [-0.2, 0) is 4.79 Å². The number of hydrogen-bond acceptors (Lipinski definition) is 4. The summed E-state index contributed by atoms with van der Waals surface area (Å²) in [4.78, 5) is 24.9. The molecule has 7 heteroatoms. The van der Waals surface area contributed by atoms with Gasteiger partial charge in [-0.1, -0.05) is 25.5 Å². The SMILES string of the molecule is CCC[C@H](C)n1[nH]c(=O)c2c1NC(=O)CS[C@H]2c1ccc(OC)cc1. The van der Waals surface area contributed by atoms with Crippen LogP contribution in [0.15, 0.2) is 29.1 Å². The summed E-state index contributed by atoms with van der Waals surface area (Å²) in [6, 6.07) is 7.76. The molecule has 1 aliphatic heterocycles. The van der Waals surface area contributed by atoms with Crippen LogP contribution in [0.5, 0.6) is 5.75 Å². The number of amides is 1. The normalized spacial score (nSPS) is 18.2. The molecule has 2 aromatic rings. The molecule has 0 unspecified atom stereocenters. The first-order valence-electron chi connectivity index (χ1n) is 8.45. The molecular formula is C18H23N3O3S. The first-order chi connectivity index (χ1) is 12.0. The zero-order valence-electron chi connectivity index (χ0n) is 14.7. The number of nitrogens with zero attached hydrogens (tertiary/aromatic N) is 1. The van der Waals surface area contributed by atoms with E-state index >= 15 is 0 Å². The largest absolute Gasteiger partial charge is 0.497 e. The van der Waals surface area contributed by atoms with Gasteiger partial charge in [-0.3, -0.25) is 19.4 Å². The van der Waals surface area contributed by atoms with Gasteiger partial charge in [-0.25, -0.2) is 0 Å². The lowest BCUT2D eigenvalue weighted by Crippen LogP contribution is -2.18. The fraction of sp³-hybridized carbons (Fsp3) is 0.444.